The number of carbonyl (C=O) groups excluding carboxylic acids is 2. The van der Waals surface area contributed by atoms with Gasteiger partial charge in [0.15, 0.2) is 5.60 Å². The van der Waals surface area contributed by atoms with E-state index in [1.807, 2.05) is 73.8 Å². The normalized spacial score (nSPS) is 24.3. The molecule has 4 aromatic rings. The van der Waals surface area contributed by atoms with Gasteiger partial charge in [0.1, 0.15) is 0 Å². The smallest absolute Gasteiger partial charge is 0.264 e. The molecule has 1 aromatic heterocycles. The van der Waals surface area contributed by atoms with Gasteiger partial charge < -0.3 is 23.8 Å². The fourth-order valence-electron chi connectivity index (χ4n) is 8.23. The first-order chi connectivity index (χ1) is 23.5. The third kappa shape index (κ3) is 6.00. The van der Waals surface area contributed by atoms with Crippen molar-refractivity contribution in [1.82, 2.24) is 15.0 Å². The van der Waals surface area contributed by atoms with Gasteiger partial charge in [-0.15, -0.1) is 5.10 Å². The molecule has 0 saturated carbocycles. The molecule has 0 aliphatic carbocycles. The van der Waals surface area contributed by atoms with E-state index in [0.29, 0.717) is 54.4 Å². The van der Waals surface area contributed by atoms with Crippen LogP contribution in [0.25, 0.3) is 0 Å². The van der Waals surface area contributed by atoms with Crippen molar-refractivity contribution < 1.29 is 23.5 Å². The van der Waals surface area contributed by atoms with Gasteiger partial charge in [0.25, 0.3) is 5.91 Å². The molecule has 2 fully saturated rings. The molecule has 2 amide bonds. The van der Waals surface area contributed by atoms with Crippen LogP contribution >= 0.6 is 11.6 Å². The Balaban J connectivity index is 1.15. The molecular weight excluding hydrogens is 661 g/mol. The number of rotatable bonds is 10. The van der Waals surface area contributed by atoms with E-state index in [4.69, 9.17) is 16.3 Å². The average molecular weight is 702 g/mol. The summed E-state index contributed by atoms with van der Waals surface area (Å²) >= 11 is 6.55. The monoisotopic (exact) mass is 701 g/mol. The molecule has 9 nitrogen and oxygen atoms in total. The standard InChI is InChI=1S/C37H41ClFN5O4Si/c1-24-35(49(2,3)39)33(17-19-42-22-31(40-41-42)29(23-45)26-8-5-4-6-9-26)48-37(24)30-20-27(38)13-16-32(30)44(36(37)47)21-25-11-14-28(15-12-25)43-18-7-10-34(43)46/h4-6,8-9,11-16,20,22,24,29,33,35,45H,7,10,17-19,21,23H2,1-3H3/t24-,29?,33+,35-,37+/m0/s1. The number of aryl methyl sites for hydroxylation is 1. The van der Waals surface area contributed by atoms with E-state index >= 15 is 4.11 Å². The van der Waals surface area contributed by atoms with Crippen LogP contribution in [0.2, 0.25) is 23.7 Å². The van der Waals surface area contributed by atoms with Gasteiger partial charge >= 0.3 is 0 Å². The predicted molar refractivity (Wildman–Crippen MR) is 189 cm³/mol. The molecule has 3 aliphatic heterocycles. The highest BCUT2D eigenvalue weighted by Crippen LogP contribution is 2.60. The van der Waals surface area contributed by atoms with Gasteiger partial charge in [0, 0.05) is 53.4 Å². The van der Waals surface area contributed by atoms with Crippen LogP contribution in [0.15, 0.2) is 79.0 Å². The van der Waals surface area contributed by atoms with E-state index in [2.05, 4.69) is 10.3 Å². The number of hydrogen-bond donors (Lipinski definition) is 1. The number of amides is 2. The van der Waals surface area contributed by atoms with E-state index < -0.39 is 31.6 Å². The van der Waals surface area contributed by atoms with Gasteiger partial charge in [0.05, 0.1) is 36.6 Å². The molecule has 1 unspecified atom stereocenters. The van der Waals surface area contributed by atoms with Gasteiger partial charge in [0.2, 0.25) is 14.3 Å². The lowest BCUT2D eigenvalue weighted by molar-refractivity contribution is -0.146. The first-order valence-electron chi connectivity index (χ1n) is 16.9. The van der Waals surface area contributed by atoms with E-state index in [1.165, 1.54) is 0 Å². The number of anilines is 2. The number of ether oxygens (including phenoxy) is 1. The average Bonchev–Trinajstić information content (AvgIpc) is 3.84. The molecule has 3 aromatic carbocycles. The molecule has 7 rings (SSSR count). The summed E-state index contributed by atoms with van der Waals surface area (Å²) in [6.45, 7) is 6.60. The van der Waals surface area contributed by atoms with Gasteiger partial charge in [-0.3, -0.25) is 14.3 Å². The van der Waals surface area contributed by atoms with Gasteiger partial charge in [-0.05, 0) is 67.4 Å². The fourth-order valence-corrected chi connectivity index (χ4v) is 10.9. The second-order valence-corrected chi connectivity index (χ2v) is 18.2. The zero-order chi connectivity index (χ0) is 34.5. The minimum Gasteiger partial charge on any atom is -0.395 e. The molecule has 4 heterocycles. The number of hydrogen-bond acceptors (Lipinski definition) is 6. The minimum absolute atomic E-state index is 0.110. The van der Waals surface area contributed by atoms with Crippen molar-refractivity contribution in [2.75, 3.05) is 23.0 Å². The number of fused-ring (bicyclic) bond motifs is 2. The molecule has 2 saturated heterocycles. The topological polar surface area (TPSA) is 101 Å². The van der Waals surface area contributed by atoms with Gasteiger partial charge in [-0.2, -0.15) is 0 Å². The van der Waals surface area contributed by atoms with Crippen molar-refractivity contribution in [1.29, 1.82) is 0 Å². The zero-order valence-corrected chi connectivity index (χ0v) is 29.7. The molecule has 1 spiro atoms. The molecule has 256 valence electrons. The SMILES string of the molecule is C[C@H]1[C@H]([Si](C)(C)F)[C@@H](CCn2cc(C(CO)c3ccccc3)nn2)O[C@]12C(=O)N(Cc1ccc(N3CCCC3=O)cc1)c1ccc(Cl)cc12. The van der Waals surface area contributed by atoms with Crippen LogP contribution in [-0.2, 0) is 33.0 Å². The highest BCUT2D eigenvalue weighted by atomic mass is 35.5. The highest BCUT2D eigenvalue weighted by Gasteiger charge is 2.66. The lowest BCUT2D eigenvalue weighted by Crippen LogP contribution is -2.45. The summed E-state index contributed by atoms with van der Waals surface area (Å²) in [5.41, 5.74) is 2.84. The summed E-state index contributed by atoms with van der Waals surface area (Å²) in [4.78, 5) is 30.5. The quantitative estimate of drug-likeness (QED) is 0.148. The third-order valence-electron chi connectivity index (χ3n) is 10.5. The molecule has 5 atom stereocenters. The summed E-state index contributed by atoms with van der Waals surface area (Å²) in [5.74, 6) is -0.867. The predicted octanol–water partition coefficient (Wildman–Crippen LogP) is 6.59. The maximum atomic E-state index is 16.3. The largest absolute Gasteiger partial charge is 0.395 e. The van der Waals surface area contributed by atoms with Gasteiger partial charge in [-0.25, -0.2) is 0 Å². The summed E-state index contributed by atoms with van der Waals surface area (Å²) in [6.07, 6.45) is 3.10. The fraction of sp³-hybridized carbons (Fsp3) is 0.405. The lowest BCUT2D eigenvalue weighted by atomic mass is 9.82. The number of nitrogens with zero attached hydrogens (tertiary/aromatic N) is 5. The molecule has 12 heteroatoms. The first-order valence-corrected chi connectivity index (χ1v) is 20.3. The molecular formula is C37H41ClFN5O4Si. The van der Waals surface area contributed by atoms with E-state index in [-0.39, 0.29) is 24.3 Å². The van der Waals surface area contributed by atoms with Crippen LogP contribution < -0.4 is 9.80 Å². The van der Waals surface area contributed by atoms with Crippen molar-refractivity contribution >= 4 is 43.2 Å². The Morgan fingerprint density at radius 1 is 1.10 bits per heavy atom. The Morgan fingerprint density at radius 2 is 1.86 bits per heavy atom. The van der Waals surface area contributed by atoms with Crippen molar-refractivity contribution in [2.24, 2.45) is 5.92 Å². The van der Waals surface area contributed by atoms with Crippen LogP contribution in [-0.4, -0.2) is 59.6 Å². The first kappa shape index (κ1) is 33.6. The van der Waals surface area contributed by atoms with Crippen molar-refractivity contribution in [3.05, 3.63) is 106 Å². The van der Waals surface area contributed by atoms with Crippen molar-refractivity contribution in [3.63, 3.8) is 0 Å². The number of aromatic nitrogens is 3. The maximum Gasteiger partial charge on any atom is 0.264 e. The minimum atomic E-state index is -3.37. The highest BCUT2D eigenvalue weighted by molar-refractivity contribution is 6.72. The van der Waals surface area contributed by atoms with Crippen LogP contribution in [0.3, 0.4) is 0 Å². The van der Waals surface area contributed by atoms with E-state index in [1.54, 1.807) is 39.7 Å². The second-order valence-electron chi connectivity index (χ2n) is 14.0. The Morgan fingerprint density at radius 3 is 2.53 bits per heavy atom. The number of aliphatic hydroxyl groups is 1. The Bertz CT molecular complexity index is 1850. The summed E-state index contributed by atoms with van der Waals surface area (Å²) in [6, 6.07) is 22.8. The van der Waals surface area contributed by atoms with Crippen LogP contribution in [0, 0.1) is 5.92 Å². The number of benzene rings is 3. The number of carbonyl (C=O) groups is 2. The van der Waals surface area contributed by atoms with Gasteiger partial charge in [-0.1, -0.05) is 66.2 Å². The molecule has 0 radical (unpaired) electrons. The van der Waals surface area contributed by atoms with Crippen LogP contribution in [0.4, 0.5) is 15.5 Å². The summed E-state index contributed by atoms with van der Waals surface area (Å²) < 4.78 is 24.9. The maximum absolute atomic E-state index is 16.3. The van der Waals surface area contributed by atoms with E-state index in [0.717, 1.165) is 23.2 Å². The number of halogens is 2. The Kier molecular flexibility index (Phi) is 8.97. The molecule has 49 heavy (non-hydrogen) atoms. The summed E-state index contributed by atoms with van der Waals surface area (Å²) in [5, 5.41) is 19.3. The van der Waals surface area contributed by atoms with E-state index in [9.17, 15) is 14.7 Å². The van der Waals surface area contributed by atoms with Crippen molar-refractivity contribution in [2.45, 2.75) is 75.5 Å². The van der Waals surface area contributed by atoms with Crippen molar-refractivity contribution in [3.8, 4) is 0 Å². The summed E-state index contributed by atoms with van der Waals surface area (Å²) in [7, 11) is -3.37. The lowest BCUT2D eigenvalue weighted by Gasteiger charge is -2.31. The Labute approximate surface area is 291 Å². The second kappa shape index (κ2) is 13.1. The zero-order valence-electron chi connectivity index (χ0n) is 27.9. The number of aliphatic hydroxyl groups excluding tert-OH is 1. The molecule has 0 bridgehead atoms. The molecule has 1 N–H and O–H groups in total. The Hall–Kier alpha value is -3.90. The van der Waals surface area contributed by atoms with Crippen LogP contribution in [0.5, 0.6) is 0 Å². The third-order valence-corrected chi connectivity index (χ3v) is 13.2. The molecule has 3 aliphatic rings. The van der Waals surface area contributed by atoms with Crippen LogP contribution in [0.1, 0.15) is 54.5 Å².